The third-order valence-corrected chi connectivity index (χ3v) is 4.71. The van der Waals surface area contributed by atoms with E-state index in [0.29, 0.717) is 11.5 Å². The van der Waals surface area contributed by atoms with Crippen molar-refractivity contribution in [2.75, 3.05) is 11.5 Å². The first kappa shape index (κ1) is 11.0. The molecule has 1 heterocycles. The Hall–Kier alpha value is -1.50. The second kappa shape index (κ2) is 3.82. The molecule has 0 aliphatic carbocycles. The van der Waals surface area contributed by atoms with Gasteiger partial charge in [0.25, 0.3) is 5.69 Å². The number of nitrogens with zero attached hydrogens (tertiary/aromatic N) is 2. The number of benzene rings is 1. The zero-order chi connectivity index (χ0) is 11.8. The zero-order valence-corrected chi connectivity index (χ0v) is 9.08. The number of hydrogen-bond acceptors (Lipinski definition) is 4. The molecule has 0 N–H and O–H groups in total. The fourth-order valence-electron chi connectivity index (χ4n) is 1.39. The number of nitro groups is 1. The molecule has 1 saturated heterocycles. The van der Waals surface area contributed by atoms with Crippen LogP contribution in [-0.2, 0) is 9.73 Å². The van der Waals surface area contributed by atoms with E-state index in [4.69, 9.17) is 0 Å². The largest absolute Gasteiger partial charge is 0.298 e. The summed E-state index contributed by atoms with van der Waals surface area (Å²) in [5.74, 6) is -0.0272. The number of rotatable bonds is 2. The van der Waals surface area contributed by atoms with Gasteiger partial charge in [-0.15, -0.1) is 0 Å². The van der Waals surface area contributed by atoms with Gasteiger partial charge in [-0.2, -0.15) is 4.36 Å². The average Bonchev–Trinajstić information content (AvgIpc) is 2.18. The van der Waals surface area contributed by atoms with Gasteiger partial charge in [0.05, 0.1) is 14.7 Å². The van der Waals surface area contributed by atoms with Crippen LogP contribution in [0.2, 0.25) is 0 Å². The summed E-state index contributed by atoms with van der Waals surface area (Å²) in [5, 5.41) is 10.7. The fraction of sp³-hybridized carbons (Fsp3) is 0.333. The van der Waals surface area contributed by atoms with Crippen molar-refractivity contribution < 1.29 is 13.5 Å². The Bertz CT molecular complexity index is 554. The molecule has 0 aromatic heterocycles. The standard InChI is InChI=1S/C9H9FN2O3S/c10-7-3-1-4-8(12(13)14)9(7)11-16(15)5-2-6-16/h1,3-4H,2,5-6H2. The van der Waals surface area contributed by atoms with Gasteiger partial charge >= 0.3 is 0 Å². The molecule has 16 heavy (non-hydrogen) atoms. The Kier molecular flexibility index (Phi) is 2.63. The molecule has 0 bridgehead atoms. The van der Waals surface area contributed by atoms with Crippen LogP contribution >= 0.6 is 0 Å². The van der Waals surface area contributed by atoms with E-state index in [1.54, 1.807) is 0 Å². The second-order valence-corrected chi connectivity index (χ2v) is 6.03. The molecular formula is C9H9FN2O3S. The lowest BCUT2D eigenvalue weighted by atomic mass is 10.3. The van der Waals surface area contributed by atoms with E-state index in [9.17, 15) is 18.7 Å². The van der Waals surface area contributed by atoms with Gasteiger partial charge in [-0.3, -0.25) is 10.1 Å². The van der Waals surface area contributed by atoms with Crippen molar-refractivity contribution in [3.05, 3.63) is 34.1 Å². The van der Waals surface area contributed by atoms with Crippen LogP contribution in [0.1, 0.15) is 6.42 Å². The van der Waals surface area contributed by atoms with Crippen molar-refractivity contribution in [3.63, 3.8) is 0 Å². The van der Waals surface area contributed by atoms with Gasteiger partial charge < -0.3 is 0 Å². The average molecular weight is 244 g/mol. The zero-order valence-electron chi connectivity index (χ0n) is 8.26. The molecule has 1 aromatic rings. The van der Waals surface area contributed by atoms with Crippen molar-refractivity contribution in [1.29, 1.82) is 0 Å². The summed E-state index contributed by atoms with van der Waals surface area (Å²) < 4.78 is 28.9. The van der Waals surface area contributed by atoms with Gasteiger partial charge in [-0.25, -0.2) is 8.60 Å². The van der Waals surface area contributed by atoms with E-state index in [2.05, 4.69) is 4.36 Å². The van der Waals surface area contributed by atoms with E-state index >= 15 is 0 Å². The molecule has 0 radical (unpaired) electrons. The minimum absolute atomic E-state index is 0.387. The number of halogens is 1. The highest BCUT2D eigenvalue weighted by Crippen LogP contribution is 2.32. The second-order valence-electron chi connectivity index (χ2n) is 3.49. The van der Waals surface area contributed by atoms with Crippen molar-refractivity contribution in [3.8, 4) is 0 Å². The monoisotopic (exact) mass is 244 g/mol. The first-order chi connectivity index (χ1) is 7.52. The Labute approximate surface area is 91.6 Å². The normalized spacial score (nSPS) is 17.6. The summed E-state index contributed by atoms with van der Waals surface area (Å²) in [6.45, 7) is 0. The first-order valence-electron chi connectivity index (χ1n) is 4.67. The molecule has 2 rings (SSSR count). The minimum Gasteiger partial charge on any atom is -0.258 e. The number of nitro benzene ring substituents is 1. The molecule has 5 nitrogen and oxygen atoms in total. The molecule has 0 atom stereocenters. The van der Waals surface area contributed by atoms with E-state index < -0.39 is 31.8 Å². The predicted octanol–water partition coefficient (Wildman–Crippen LogP) is 2.24. The minimum atomic E-state index is -2.44. The molecule has 1 aliphatic rings. The summed E-state index contributed by atoms with van der Waals surface area (Å²) >= 11 is 0. The van der Waals surface area contributed by atoms with Crippen LogP contribution in [0.3, 0.4) is 0 Å². The quantitative estimate of drug-likeness (QED) is 0.591. The molecule has 7 heteroatoms. The van der Waals surface area contributed by atoms with Crippen molar-refractivity contribution in [1.82, 2.24) is 0 Å². The smallest absolute Gasteiger partial charge is 0.258 e. The Morgan fingerprint density at radius 2 is 2.12 bits per heavy atom. The van der Waals surface area contributed by atoms with Gasteiger partial charge in [-0.1, -0.05) is 6.07 Å². The molecule has 0 amide bonds. The highest BCUT2D eigenvalue weighted by atomic mass is 32.2. The molecule has 86 valence electrons. The van der Waals surface area contributed by atoms with E-state index in [0.717, 1.165) is 18.6 Å². The van der Waals surface area contributed by atoms with Crippen molar-refractivity contribution in [2.24, 2.45) is 4.36 Å². The molecule has 1 aliphatic heterocycles. The van der Waals surface area contributed by atoms with Crippen LogP contribution in [0, 0.1) is 15.9 Å². The summed E-state index contributed by atoms with van der Waals surface area (Å²) in [7, 11) is -2.44. The topological polar surface area (TPSA) is 72.6 Å². The van der Waals surface area contributed by atoms with Crippen molar-refractivity contribution >= 4 is 21.1 Å². The van der Waals surface area contributed by atoms with Gasteiger partial charge in [0, 0.05) is 17.6 Å². The lowest BCUT2D eigenvalue weighted by Crippen LogP contribution is -2.23. The summed E-state index contributed by atoms with van der Waals surface area (Å²) in [5.41, 5.74) is -0.827. The van der Waals surface area contributed by atoms with E-state index in [1.165, 1.54) is 6.07 Å². The molecular weight excluding hydrogens is 235 g/mol. The Morgan fingerprint density at radius 1 is 1.44 bits per heavy atom. The maximum atomic E-state index is 13.4. The molecule has 1 aromatic carbocycles. The predicted molar refractivity (Wildman–Crippen MR) is 57.6 cm³/mol. The summed E-state index contributed by atoms with van der Waals surface area (Å²) in [4.78, 5) is 9.93. The Balaban J connectivity index is 2.59. The highest BCUT2D eigenvalue weighted by molar-refractivity contribution is 7.95. The van der Waals surface area contributed by atoms with Gasteiger partial charge in [-0.05, 0) is 12.5 Å². The summed E-state index contributed by atoms with van der Waals surface area (Å²) in [6.07, 6.45) is 0.768. The molecule has 0 unspecified atom stereocenters. The van der Waals surface area contributed by atoms with Crippen LogP contribution in [0.4, 0.5) is 15.8 Å². The number of hydrogen-bond donors (Lipinski definition) is 0. The lowest BCUT2D eigenvalue weighted by Gasteiger charge is -2.17. The van der Waals surface area contributed by atoms with Crippen LogP contribution in [0.5, 0.6) is 0 Å². The Morgan fingerprint density at radius 3 is 2.62 bits per heavy atom. The fourth-order valence-corrected chi connectivity index (χ4v) is 2.87. The molecule has 1 fully saturated rings. The molecule has 0 saturated carbocycles. The third kappa shape index (κ3) is 1.90. The van der Waals surface area contributed by atoms with Crippen LogP contribution in [-0.4, -0.2) is 20.6 Å². The van der Waals surface area contributed by atoms with Gasteiger partial charge in [0.15, 0.2) is 11.5 Å². The van der Waals surface area contributed by atoms with Crippen molar-refractivity contribution in [2.45, 2.75) is 6.42 Å². The molecule has 0 spiro atoms. The van der Waals surface area contributed by atoms with Crippen LogP contribution in [0.25, 0.3) is 0 Å². The van der Waals surface area contributed by atoms with Gasteiger partial charge in [0.1, 0.15) is 0 Å². The highest BCUT2D eigenvalue weighted by Gasteiger charge is 2.24. The van der Waals surface area contributed by atoms with Crippen LogP contribution < -0.4 is 0 Å². The maximum absolute atomic E-state index is 13.4. The SMILES string of the molecule is O=[N+]([O-])c1cccc(F)c1N=S1(=O)CCC1. The van der Waals surface area contributed by atoms with E-state index in [-0.39, 0.29) is 0 Å². The maximum Gasteiger partial charge on any atom is 0.298 e. The first-order valence-corrected chi connectivity index (χ1v) is 6.53. The lowest BCUT2D eigenvalue weighted by molar-refractivity contribution is -0.384. The van der Waals surface area contributed by atoms with Crippen LogP contribution in [0.15, 0.2) is 22.6 Å². The third-order valence-electron chi connectivity index (χ3n) is 2.35. The van der Waals surface area contributed by atoms with E-state index in [1.807, 2.05) is 0 Å². The summed E-state index contributed by atoms with van der Waals surface area (Å²) in [6, 6.07) is 3.47. The van der Waals surface area contributed by atoms with Gasteiger partial charge in [0.2, 0.25) is 0 Å².